The first-order valence-corrected chi connectivity index (χ1v) is 5.62. The third kappa shape index (κ3) is 4.06. The fraction of sp³-hybridized carbons (Fsp3) is 0.333. The van der Waals surface area contributed by atoms with Crippen molar-refractivity contribution >= 4 is 17.7 Å². The number of rotatable bonds is 5. The molecule has 0 aliphatic rings. The smallest absolute Gasteiger partial charge is 0.340 e. The molecule has 0 unspecified atom stereocenters. The second-order valence-electron chi connectivity index (χ2n) is 3.88. The zero-order chi connectivity index (χ0) is 14.4. The molecule has 102 valence electrons. The van der Waals surface area contributed by atoms with Crippen molar-refractivity contribution in [1.29, 1.82) is 0 Å². The van der Waals surface area contributed by atoms with Crippen molar-refractivity contribution in [2.45, 2.75) is 6.92 Å². The molecule has 0 spiro atoms. The van der Waals surface area contributed by atoms with Crippen LogP contribution in [0.3, 0.4) is 0 Å². The van der Waals surface area contributed by atoms with E-state index in [0.29, 0.717) is 5.69 Å². The van der Waals surface area contributed by atoms with E-state index < -0.39 is 10.9 Å². The molecule has 0 amide bonds. The summed E-state index contributed by atoms with van der Waals surface area (Å²) in [6.07, 6.45) is 4.39. The van der Waals surface area contributed by atoms with Crippen LogP contribution in [0.25, 0.3) is 6.08 Å². The molecule has 1 aromatic rings. The maximum atomic E-state index is 11.8. The van der Waals surface area contributed by atoms with Crippen molar-refractivity contribution in [2.24, 2.45) is 0 Å². The Morgan fingerprint density at radius 2 is 2.26 bits per heavy atom. The summed E-state index contributed by atoms with van der Waals surface area (Å²) in [5.74, 6) is -0.628. The first-order chi connectivity index (χ1) is 8.95. The van der Waals surface area contributed by atoms with Gasteiger partial charge in [0.1, 0.15) is 6.20 Å². The minimum atomic E-state index is -0.628. The van der Waals surface area contributed by atoms with Gasteiger partial charge in [-0.2, -0.15) is 0 Å². The Morgan fingerprint density at radius 3 is 2.79 bits per heavy atom. The fourth-order valence-corrected chi connectivity index (χ4v) is 1.29. The van der Waals surface area contributed by atoms with Gasteiger partial charge in [-0.25, -0.2) is 9.78 Å². The van der Waals surface area contributed by atoms with Crippen LogP contribution in [0.1, 0.15) is 23.0 Å². The molecule has 0 radical (unpaired) electrons. The van der Waals surface area contributed by atoms with E-state index in [4.69, 9.17) is 4.74 Å². The average Bonchev–Trinajstić information content (AvgIpc) is 2.36. The van der Waals surface area contributed by atoms with E-state index in [9.17, 15) is 14.9 Å². The van der Waals surface area contributed by atoms with E-state index in [1.54, 1.807) is 24.1 Å². The quantitative estimate of drug-likeness (QED) is 0.457. The summed E-state index contributed by atoms with van der Waals surface area (Å²) < 4.78 is 4.86. The van der Waals surface area contributed by atoms with Crippen molar-refractivity contribution in [3.05, 3.63) is 39.8 Å². The molecule has 0 fully saturated rings. The van der Waals surface area contributed by atoms with Crippen LogP contribution >= 0.6 is 0 Å². The Morgan fingerprint density at radius 1 is 1.58 bits per heavy atom. The monoisotopic (exact) mass is 265 g/mol. The van der Waals surface area contributed by atoms with Crippen LogP contribution < -0.4 is 0 Å². The van der Waals surface area contributed by atoms with Gasteiger partial charge >= 0.3 is 5.97 Å². The number of nitro groups is 1. The Labute approximate surface area is 110 Å². The molecule has 7 nitrogen and oxygen atoms in total. The van der Waals surface area contributed by atoms with Gasteiger partial charge in [0.05, 0.1) is 22.8 Å². The predicted molar refractivity (Wildman–Crippen MR) is 69.6 cm³/mol. The highest BCUT2D eigenvalue weighted by molar-refractivity contribution is 5.93. The summed E-state index contributed by atoms with van der Waals surface area (Å²) in [4.78, 5) is 27.5. The van der Waals surface area contributed by atoms with Gasteiger partial charge in [0.25, 0.3) is 5.69 Å². The number of ether oxygens (including phenoxy) is 1. The largest absolute Gasteiger partial charge is 0.462 e. The van der Waals surface area contributed by atoms with Crippen molar-refractivity contribution < 1.29 is 14.5 Å². The predicted octanol–water partition coefficient (Wildman–Crippen LogP) is 1.70. The molecule has 7 heteroatoms. The van der Waals surface area contributed by atoms with Crippen LogP contribution in [0, 0.1) is 10.1 Å². The average molecular weight is 265 g/mol. The summed E-state index contributed by atoms with van der Waals surface area (Å²) in [6, 6.07) is 1.17. The number of carbonyl (C=O) groups excluding carboxylic acids is 1. The third-order valence-corrected chi connectivity index (χ3v) is 2.14. The molecule has 0 atom stereocenters. The number of pyridine rings is 1. The van der Waals surface area contributed by atoms with E-state index in [1.807, 2.05) is 14.1 Å². The first-order valence-electron chi connectivity index (χ1n) is 5.62. The van der Waals surface area contributed by atoms with Gasteiger partial charge < -0.3 is 9.64 Å². The lowest BCUT2D eigenvalue weighted by Gasteiger charge is -2.06. The molecular weight excluding hydrogens is 250 g/mol. The lowest BCUT2D eigenvalue weighted by molar-refractivity contribution is -0.385. The second-order valence-corrected chi connectivity index (χ2v) is 3.88. The number of nitrogens with zero attached hydrogens (tertiary/aromatic N) is 3. The molecule has 0 bridgehead atoms. The van der Waals surface area contributed by atoms with Gasteiger partial charge in [0.15, 0.2) is 0 Å². The van der Waals surface area contributed by atoms with Crippen LogP contribution in [0.5, 0.6) is 0 Å². The molecule has 1 rings (SSSR count). The Bertz CT molecular complexity index is 512. The van der Waals surface area contributed by atoms with Crippen molar-refractivity contribution in [2.75, 3.05) is 20.7 Å². The topological polar surface area (TPSA) is 85.6 Å². The van der Waals surface area contributed by atoms with Gasteiger partial charge in [0, 0.05) is 26.4 Å². The van der Waals surface area contributed by atoms with Crippen molar-refractivity contribution in [3.63, 3.8) is 0 Å². The number of hydrogen-bond donors (Lipinski definition) is 0. The van der Waals surface area contributed by atoms with Crippen LogP contribution in [0.15, 0.2) is 18.5 Å². The number of carbonyl (C=O) groups is 1. The van der Waals surface area contributed by atoms with E-state index >= 15 is 0 Å². The van der Waals surface area contributed by atoms with Gasteiger partial charge in [0.2, 0.25) is 0 Å². The van der Waals surface area contributed by atoms with Crippen molar-refractivity contribution in [1.82, 2.24) is 9.88 Å². The number of aromatic nitrogens is 1. The highest BCUT2D eigenvalue weighted by Crippen LogP contribution is 2.17. The molecule has 0 aliphatic carbocycles. The highest BCUT2D eigenvalue weighted by Gasteiger charge is 2.17. The maximum Gasteiger partial charge on any atom is 0.340 e. The van der Waals surface area contributed by atoms with E-state index in [2.05, 4.69) is 4.98 Å². The fourth-order valence-electron chi connectivity index (χ4n) is 1.29. The summed E-state index contributed by atoms with van der Waals surface area (Å²) in [5, 5.41) is 10.7. The van der Waals surface area contributed by atoms with E-state index in [-0.39, 0.29) is 17.9 Å². The molecule has 1 heterocycles. The van der Waals surface area contributed by atoms with Crippen LogP contribution in [0.2, 0.25) is 0 Å². The van der Waals surface area contributed by atoms with Crippen LogP contribution in [-0.2, 0) is 4.74 Å². The molecule has 1 aromatic heterocycles. The minimum Gasteiger partial charge on any atom is -0.462 e. The molecule has 0 N–H and O–H groups in total. The summed E-state index contributed by atoms with van der Waals surface area (Å²) in [5.41, 5.74) is 0.164. The Hall–Kier alpha value is -2.44. The van der Waals surface area contributed by atoms with Crippen LogP contribution in [0.4, 0.5) is 5.69 Å². The summed E-state index contributed by atoms with van der Waals surface area (Å²) in [7, 11) is 3.62. The van der Waals surface area contributed by atoms with Gasteiger partial charge in [-0.1, -0.05) is 0 Å². The summed E-state index contributed by atoms with van der Waals surface area (Å²) in [6.45, 7) is 1.86. The van der Waals surface area contributed by atoms with Gasteiger partial charge in [-0.05, 0) is 13.0 Å². The minimum absolute atomic E-state index is 0.0779. The molecule has 19 heavy (non-hydrogen) atoms. The van der Waals surface area contributed by atoms with E-state index in [0.717, 1.165) is 6.20 Å². The zero-order valence-electron chi connectivity index (χ0n) is 11.0. The van der Waals surface area contributed by atoms with E-state index in [1.165, 1.54) is 6.07 Å². The molecule has 0 saturated heterocycles. The third-order valence-electron chi connectivity index (χ3n) is 2.14. The van der Waals surface area contributed by atoms with Gasteiger partial charge in [-0.3, -0.25) is 10.1 Å². The normalized spacial score (nSPS) is 10.5. The lowest BCUT2D eigenvalue weighted by Crippen LogP contribution is -2.09. The number of hydrogen-bond acceptors (Lipinski definition) is 6. The second kappa shape index (κ2) is 6.48. The SMILES string of the molecule is CCOC(=O)c1cc([N+](=O)[O-])cnc1/C=C/N(C)C. The standard InChI is InChI=1S/C12H15N3O4/c1-4-19-12(16)10-7-9(15(17)18)8-13-11(10)5-6-14(2)3/h5-8H,4H2,1-3H3/b6-5+. The van der Waals surface area contributed by atoms with Gasteiger partial charge in [-0.15, -0.1) is 0 Å². The maximum absolute atomic E-state index is 11.8. The lowest BCUT2D eigenvalue weighted by atomic mass is 10.1. The first kappa shape index (κ1) is 14.6. The Kier molecular flexibility index (Phi) is 4.99. The Balaban J connectivity index is 3.22. The zero-order valence-corrected chi connectivity index (χ0v) is 11.0. The molecular formula is C12H15N3O4. The molecule has 0 aromatic carbocycles. The van der Waals surface area contributed by atoms with Crippen molar-refractivity contribution in [3.8, 4) is 0 Å². The molecule has 0 saturated carbocycles. The number of esters is 1. The summed E-state index contributed by atoms with van der Waals surface area (Å²) >= 11 is 0. The van der Waals surface area contributed by atoms with Crippen LogP contribution in [-0.4, -0.2) is 41.5 Å². The molecule has 0 aliphatic heterocycles. The highest BCUT2D eigenvalue weighted by atomic mass is 16.6.